The second kappa shape index (κ2) is 10.4. The minimum Gasteiger partial charge on any atom is -0.456 e. The number of para-hydroxylation sites is 1. The maximum atomic E-state index is 9.93. The summed E-state index contributed by atoms with van der Waals surface area (Å²) >= 11 is 0. The fourth-order valence-corrected chi connectivity index (χ4v) is 6.34. The average molecular weight is 665 g/mol. The molecule has 0 fully saturated rings. The van der Waals surface area contributed by atoms with Crippen LogP contribution in [0.2, 0.25) is 0 Å². The third-order valence-corrected chi connectivity index (χ3v) is 8.40. The lowest BCUT2D eigenvalue weighted by molar-refractivity contribution is 0.663. The maximum absolute atomic E-state index is 9.93. The molecule has 232 valence electrons. The number of fused-ring (bicyclic) bond motifs is 10. The molecule has 0 bridgehead atoms. The fraction of sp³-hybridized carbons (Fsp3) is 0. The molecular weight excluding hydrogens is 609 g/mol. The molecule has 0 aliphatic rings. The lowest BCUT2D eigenvalue weighted by atomic mass is 9.84. The van der Waals surface area contributed by atoms with Crippen molar-refractivity contribution in [3.05, 3.63) is 169 Å². The van der Waals surface area contributed by atoms with Crippen molar-refractivity contribution < 1.29 is 47.2 Å². The van der Waals surface area contributed by atoms with E-state index in [0.717, 1.165) is 0 Å². The van der Waals surface area contributed by atoms with Gasteiger partial charge in [0, 0.05) is 21.5 Å². The van der Waals surface area contributed by atoms with Crippen molar-refractivity contribution in [2.75, 3.05) is 0 Å². The zero-order valence-corrected chi connectivity index (χ0v) is 24.8. The summed E-state index contributed by atoms with van der Waals surface area (Å²) in [7, 11) is 0. The van der Waals surface area contributed by atoms with Crippen LogP contribution in [0.5, 0.6) is 0 Å². The average Bonchev–Trinajstić information content (AvgIpc) is 4.00. The first kappa shape index (κ1) is 11.8. The highest BCUT2D eigenvalue weighted by Crippen LogP contribution is 2.46. The van der Waals surface area contributed by atoms with E-state index in [1.165, 1.54) is 0 Å². The number of rotatable bonds is 3. The molecule has 2 aromatic heterocycles. The van der Waals surface area contributed by atoms with Crippen LogP contribution in [-0.4, -0.2) is 0 Å². The first-order chi connectivity index (χ1) is 36.5. The summed E-state index contributed by atoms with van der Waals surface area (Å²) in [5.74, 6) is 0. The van der Waals surface area contributed by atoms with Crippen LogP contribution in [0.4, 0.5) is 0 Å². The molecule has 0 spiro atoms. The van der Waals surface area contributed by atoms with Gasteiger partial charge in [-0.3, -0.25) is 0 Å². The number of hydrogen-bond acceptors (Lipinski definition) is 2. The zero-order valence-electron chi connectivity index (χ0n) is 52.8. The van der Waals surface area contributed by atoms with Crippen LogP contribution in [0.1, 0.15) is 38.4 Å². The molecule has 0 saturated carbocycles. The summed E-state index contributed by atoms with van der Waals surface area (Å²) < 4.78 is 265. The minimum atomic E-state index is -1.09. The third-order valence-electron chi connectivity index (χ3n) is 8.40. The molecule has 0 aliphatic heterocycles. The number of furan rings is 2. The molecule has 0 amide bonds. The van der Waals surface area contributed by atoms with Gasteiger partial charge in [-0.15, -0.1) is 0 Å². The summed E-state index contributed by atoms with van der Waals surface area (Å²) in [5.41, 5.74) is -6.81. The van der Waals surface area contributed by atoms with Crippen molar-refractivity contribution in [3.8, 4) is 33.4 Å². The van der Waals surface area contributed by atoms with Crippen molar-refractivity contribution in [1.29, 1.82) is 0 Å². The molecule has 50 heavy (non-hydrogen) atoms. The molecule has 11 aromatic rings. The maximum Gasteiger partial charge on any atom is 0.136 e. The summed E-state index contributed by atoms with van der Waals surface area (Å²) in [6.07, 6.45) is 0. The van der Waals surface area contributed by atoms with Gasteiger partial charge in [0.1, 0.15) is 22.3 Å². The Hall–Kier alpha value is -6.64. The largest absolute Gasteiger partial charge is 0.456 e. The highest BCUT2D eigenvalue weighted by Gasteiger charge is 2.19. The molecule has 0 saturated heterocycles. The van der Waals surface area contributed by atoms with Gasteiger partial charge in [0.15, 0.2) is 0 Å². The molecule has 2 heterocycles. The summed E-state index contributed by atoms with van der Waals surface area (Å²) in [6.45, 7) is 0. The molecule has 0 unspecified atom stereocenters. The van der Waals surface area contributed by atoms with E-state index >= 15 is 0 Å². The van der Waals surface area contributed by atoms with Crippen molar-refractivity contribution in [2.45, 2.75) is 0 Å². The molecule has 0 aliphatic carbocycles. The van der Waals surface area contributed by atoms with Crippen molar-refractivity contribution in [2.24, 2.45) is 0 Å². The van der Waals surface area contributed by atoms with Gasteiger partial charge in [-0.1, -0.05) is 133 Å². The first-order valence-corrected chi connectivity index (χ1v) is 14.8. The van der Waals surface area contributed by atoms with Crippen LogP contribution < -0.4 is 0 Å². The Kier molecular flexibility index (Phi) is 2.45. The highest BCUT2D eigenvalue weighted by molar-refractivity contribution is 6.26. The molecule has 0 N–H and O–H groups in total. The Morgan fingerprint density at radius 3 is 1.58 bits per heavy atom. The molecule has 0 radical (unpaired) electrons. The van der Waals surface area contributed by atoms with Crippen LogP contribution in [0.25, 0.3) is 110 Å². The van der Waals surface area contributed by atoms with Gasteiger partial charge in [-0.2, -0.15) is 0 Å². The smallest absolute Gasteiger partial charge is 0.136 e. The molecule has 9 aromatic carbocycles. The van der Waals surface area contributed by atoms with E-state index in [4.69, 9.17) is 30.8 Å². The minimum absolute atomic E-state index is 0.236. The number of benzene rings is 9. The van der Waals surface area contributed by atoms with Crippen LogP contribution in [0, 0.1) is 0 Å². The SMILES string of the molecule is [2H]c1c([2H])c(-c2c([2H])c([2H])c3c(oc4c([2H])c([2H])c5oc6c([2H])c([2H])c([2H])c([2H])c6c5c43)c2[2H])c([2H])c(-c2c3c([2H])c([2H])c([2H])c([2H])c3c(-c3c([2H])c([2H])c([2H])c4c([2H])c([2H])c([2H])c([2H])c34)c3c([2H])c([2H])c([2H])c([2H])c23)c1[2H]. The van der Waals surface area contributed by atoms with E-state index in [1.807, 2.05) is 0 Å². The van der Waals surface area contributed by atoms with Crippen molar-refractivity contribution >= 4 is 76.2 Å². The van der Waals surface area contributed by atoms with Gasteiger partial charge < -0.3 is 8.83 Å². The predicted octanol–water partition coefficient (Wildman–Crippen LogP) is 13.9. The lowest BCUT2D eigenvalue weighted by Gasteiger charge is -2.19. The third kappa shape index (κ3) is 3.90. The molecule has 2 nitrogen and oxygen atoms in total. The summed E-state index contributed by atoms with van der Waals surface area (Å²) in [5, 5.41) is -5.57. The summed E-state index contributed by atoms with van der Waals surface area (Å²) in [4.78, 5) is 0. The monoisotopic (exact) mass is 664 g/mol. The second-order valence-corrected chi connectivity index (χ2v) is 11.0. The highest BCUT2D eigenvalue weighted by atomic mass is 16.3. The van der Waals surface area contributed by atoms with E-state index < -0.39 is 263 Å². The van der Waals surface area contributed by atoms with Gasteiger partial charge in [0.2, 0.25) is 0 Å². The van der Waals surface area contributed by atoms with E-state index in [9.17, 15) is 16.4 Å². The Morgan fingerprint density at radius 1 is 0.320 bits per heavy atom. The quantitative estimate of drug-likeness (QED) is 0.176. The topological polar surface area (TPSA) is 26.3 Å². The van der Waals surface area contributed by atoms with E-state index in [0.29, 0.717) is 0 Å². The number of hydrogen-bond donors (Lipinski definition) is 0. The molecule has 0 atom stereocenters. The van der Waals surface area contributed by atoms with Crippen molar-refractivity contribution in [1.82, 2.24) is 0 Å². The zero-order chi connectivity index (χ0) is 57.1. The van der Waals surface area contributed by atoms with Gasteiger partial charge in [-0.05, 0) is 102 Å². The van der Waals surface area contributed by atoms with Crippen LogP contribution >= 0.6 is 0 Å². The normalized spacial score (nSPS) is 19.8. The first-order valence-electron chi connectivity index (χ1n) is 28.8. The predicted molar refractivity (Wildman–Crippen MR) is 210 cm³/mol. The lowest BCUT2D eigenvalue weighted by Crippen LogP contribution is -1.92. The molecule has 2 heteroatoms. The van der Waals surface area contributed by atoms with Crippen LogP contribution in [0.15, 0.2) is 178 Å². The van der Waals surface area contributed by atoms with E-state index in [2.05, 4.69) is 0 Å². The second-order valence-electron chi connectivity index (χ2n) is 11.0. The Labute approximate surface area is 326 Å². The van der Waals surface area contributed by atoms with Crippen LogP contribution in [0.3, 0.4) is 0 Å². The fourth-order valence-electron chi connectivity index (χ4n) is 6.34. The Bertz CT molecular complexity index is 4680. The van der Waals surface area contributed by atoms with Crippen LogP contribution in [-0.2, 0) is 0 Å². The summed E-state index contributed by atoms with van der Waals surface area (Å²) in [6, 6.07) is -25.5. The molecular formula is C48H28O2. The Balaban J connectivity index is 1.36. The van der Waals surface area contributed by atoms with Gasteiger partial charge >= 0.3 is 0 Å². The Morgan fingerprint density at radius 2 is 0.840 bits per heavy atom. The van der Waals surface area contributed by atoms with Gasteiger partial charge in [-0.25, -0.2) is 0 Å². The van der Waals surface area contributed by atoms with E-state index in [1.54, 1.807) is 0 Å². The van der Waals surface area contributed by atoms with Gasteiger partial charge in [0.05, 0.1) is 38.4 Å². The van der Waals surface area contributed by atoms with Crippen molar-refractivity contribution in [3.63, 3.8) is 0 Å². The van der Waals surface area contributed by atoms with Gasteiger partial charge in [0.25, 0.3) is 0 Å². The van der Waals surface area contributed by atoms with E-state index in [-0.39, 0.29) is 16.2 Å². The standard InChI is InChI=1S/C48H28O2/c1-2-15-33-29(11-1)12-10-21-34(33)46-37-18-5-3-16-35(37)45(36-17-4-6-19-38(36)46)32-14-9-13-30(27-32)31-23-24-40-44(28-31)50-43-26-25-42-47(48(40)43)39-20-7-8-22-41(39)49-42/h1-28H/i1D,2D,3D,4D,5D,6D,7D,8D,9D,10D,11D,12D,13D,14D,15D,16D,17D,18D,19D,20D,21D,22D,23D,24D,25D,26D,27D,28D. The molecule has 11 rings (SSSR count).